The van der Waals surface area contributed by atoms with Gasteiger partial charge >= 0.3 is 0 Å². The highest BCUT2D eigenvalue weighted by atomic mass is 35.5. The van der Waals surface area contributed by atoms with Gasteiger partial charge in [0.2, 0.25) is 0 Å². The van der Waals surface area contributed by atoms with Crippen LogP contribution < -0.4 is 4.72 Å². The van der Waals surface area contributed by atoms with Crippen LogP contribution in [0.5, 0.6) is 0 Å². The number of nitrogens with zero attached hydrogens (tertiary/aromatic N) is 3. The average molecular weight is 333 g/mol. The maximum Gasteiger partial charge on any atom is 0.292 e. The lowest BCUT2D eigenvalue weighted by Gasteiger charge is -2.07. The minimum absolute atomic E-state index is 0.0659. The normalized spacial score (nSPS) is 11.1. The van der Waals surface area contributed by atoms with Crippen molar-refractivity contribution in [3.8, 4) is 0 Å². The topological polar surface area (TPSA) is 115 Å². The molecule has 0 saturated carbocycles. The Bertz CT molecular complexity index is 814. The van der Waals surface area contributed by atoms with Crippen LogP contribution in [0.3, 0.4) is 0 Å². The van der Waals surface area contributed by atoms with Gasteiger partial charge in [0.05, 0.1) is 23.4 Å². The van der Waals surface area contributed by atoms with E-state index in [9.17, 15) is 22.9 Å². The molecule has 1 aromatic carbocycles. The van der Waals surface area contributed by atoms with Crippen LogP contribution in [0.15, 0.2) is 35.5 Å². The molecule has 0 aliphatic heterocycles. The van der Waals surface area contributed by atoms with E-state index in [1.165, 1.54) is 6.20 Å². The molecule has 11 heteroatoms. The summed E-state index contributed by atoms with van der Waals surface area (Å²) in [7, 11) is -4.34. The van der Waals surface area contributed by atoms with Gasteiger partial charge in [0.15, 0.2) is 10.7 Å². The summed E-state index contributed by atoms with van der Waals surface area (Å²) in [6.45, 7) is 0. The van der Waals surface area contributed by atoms with Crippen LogP contribution >= 0.6 is 11.6 Å². The Labute approximate surface area is 122 Å². The first kappa shape index (κ1) is 15.1. The summed E-state index contributed by atoms with van der Waals surface area (Å²) in [6.07, 6.45) is 2.25. The number of benzene rings is 1. The van der Waals surface area contributed by atoms with Gasteiger partial charge in [-0.05, 0) is 12.1 Å². The molecule has 0 radical (unpaired) electrons. The van der Waals surface area contributed by atoms with Crippen molar-refractivity contribution in [2.75, 3.05) is 4.72 Å². The van der Waals surface area contributed by atoms with Crippen molar-refractivity contribution in [2.24, 2.45) is 0 Å². The van der Waals surface area contributed by atoms with Crippen LogP contribution in [0.25, 0.3) is 0 Å². The van der Waals surface area contributed by atoms with E-state index < -0.39 is 31.3 Å². The number of anilines is 1. The van der Waals surface area contributed by atoms with E-state index in [0.717, 1.165) is 18.3 Å². The largest absolute Gasteiger partial charge is 0.292 e. The van der Waals surface area contributed by atoms with Gasteiger partial charge < -0.3 is 0 Å². The van der Waals surface area contributed by atoms with Gasteiger partial charge in [-0.1, -0.05) is 11.6 Å². The Balaban J connectivity index is 2.47. The van der Waals surface area contributed by atoms with Crippen LogP contribution in [-0.2, 0) is 10.0 Å². The van der Waals surface area contributed by atoms with Gasteiger partial charge in [-0.2, -0.15) is 0 Å². The summed E-state index contributed by atoms with van der Waals surface area (Å²) in [6, 6.07) is 2.09. The Morgan fingerprint density at radius 1 is 1.33 bits per heavy atom. The van der Waals surface area contributed by atoms with Crippen molar-refractivity contribution in [2.45, 2.75) is 4.90 Å². The standard InChI is InChI=1S/C10H6ClFN4O4S/c11-9-4-13-5-10(14-9)15-21(19,20)8-2-1-6(12)3-7(8)16(17)18/h1-5H,(H,14,15). The van der Waals surface area contributed by atoms with Gasteiger partial charge in [-0.15, -0.1) is 0 Å². The highest BCUT2D eigenvalue weighted by Gasteiger charge is 2.27. The first-order valence-electron chi connectivity index (χ1n) is 5.24. The van der Waals surface area contributed by atoms with E-state index >= 15 is 0 Å². The fourth-order valence-electron chi connectivity index (χ4n) is 1.44. The number of hydrogen-bond acceptors (Lipinski definition) is 6. The molecule has 110 valence electrons. The van der Waals surface area contributed by atoms with Crippen molar-refractivity contribution in [1.82, 2.24) is 9.97 Å². The predicted octanol–water partition coefficient (Wildman–Crippen LogP) is 1.98. The first-order chi connectivity index (χ1) is 9.79. The third kappa shape index (κ3) is 3.41. The van der Waals surface area contributed by atoms with Crippen LogP contribution in [0.4, 0.5) is 15.9 Å². The van der Waals surface area contributed by atoms with Crippen molar-refractivity contribution >= 4 is 33.1 Å². The van der Waals surface area contributed by atoms with Crippen LogP contribution in [-0.4, -0.2) is 23.3 Å². The molecular formula is C10H6ClFN4O4S. The molecule has 0 aliphatic rings. The highest BCUT2D eigenvalue weighted by molar-refractivity contribution is 7.92. The van der Waals surface area contributed by atoms with Crippen molar-refractivity contribution in [1.29, 1.82) is 0 Å². The summed E-state index contributed by atoms with van der Waals surface area (Å²) in [4.78, 5) is 16.4. The van der Waals surface area contributed by atoms with Crippen LogP contribution in [0.2, 0.25) is 5.15 Å². The third-order valence-electron chi connectivity index (χ3n) is 2.25. The molecule has 0 aliphatic carbocycles. The minimum atomic E-state index is -4.34. The highest BCUT2D eigenvalue weighted by Crippen LogP contribution is 2.26. The van der Waals surface area contributed by atoms with Gasteiger partial charge in [0.1, 0.15) is 11.0 Å². The van der Waals surface area contributed by atoms with E-state index in [4.69, 9.17) is 11.6 Å². The Morgan fingerprint density at radius 3 is 2.67 bits per heavy atom. The van der Waals surface area contributed by atoms with E-state index in [-0.39, 0.29) is 11.0 Å². The lowest BCUT2D eigenvalue weighted by Crippen LogP contribution is -2.16. The lowest BCUT2D eigenvalue weighted by molar-refractivity contribution is -0.388. The molecule has 0 unspecified atom stereocenters. The van der Waals surface area contributed by atoms with Crippen LogP contribution in [0, 0.1) is 15.9 Å². The zero-order valence-corrected chi connectivity index (χ0v) is 11.6. The Hall–Kier alpha value is -2.33. The van der Waals surface area contributed by atoms with Crippen molar-refractivity contribution < 1.29 is 17.7 Å². The maximum atomic E-state index is 13.0. The number of halogens is 2. The molecule has 1 heterocycles. The number of nitro groups is 1. The number of nitrogens with one attached hydrogen (secondary N) is 1. The fourth-order valence-corrected chi connectivity index (χ4v) is 2.73. The molecule has 21 heavy (non-hydrogen) atoms. The monoisotopic (exact) mass is 332 g/mol. The SMILES string of the molecule is O=[N+]([O-])c1cc(F)ccc1S(=O)(=O)Nc1cncc(Cl)n1. The van der Waals surface area contributed by atoms with Crippen LogP contribution in [0.1, 0.15) is 0 Å². The molecule has 0 fully saturated rings. The zero-order valence-electron chi connectivity index (χ0n) is 10.0. The molecule has 0 bridgehead atoms. The van der Waals surface area contributed by atoms with Gasteiger partial charge in [-0.25, -0.2) is 17.8 Å². The smallest absolute Gasteiger partial charge is 0.262 e. The molecule has 1 N–H and O–H groups in total. The Morgan fingerprint density at radius 2 is 2.05 bits per heavy atom. The quantitative estimate of drug-likeness (QED) is 0.676. The molecule has 0 atom stereocenters. The lowest BCUT2D eigenvalue weighted by atomic mass is 10.3. The van der Waals surface area contributed by atoms with E-state index in [2.05, 4.69) is 9.97 Å². The maximum absolute atomic E-state index is 13.0. The number of hydrogen-bond donors (Lipinski definition) is 1. The van der Waals surface area contributed by atoms with E-state index in [1.54, 1.807) is 0 Å². The van der Waals surface area contributed by atoms with E-state index in [1.807, 2.05) is 4.72 Å². The molecule has 2 aromatic rings. The first-order valence-corrected chi connectivity index (χ1v) is 7.10. The summed E-state index contributed by atoms with van der Waals surface area (Å²) in [5.41, 5.74) is -0.891. The molecule has 1 aromatic heterocycles. The van der Waals surface area contributed by atoms with E-state index in [0.29, 0.717) is 6.07 Å². The summed E-state index contributed by atoms with van der Waals surface area (Å²) in [5.74, 6) is -1.15. The summed E-state index contributed by atoms with van der Waals surface area (Å²) in [5, 5.41) is 10.8. The third-order valence-corrected chi connectivity index (χ3v) is 3.84. The number of sulfonamides is 1. The summed E-state index contributed by atoms with van der Waals surface area (Å²) >= 11 is 5.56. The molecule has 0 spiro atoms. The molecule has 8 nitrogen and oxygen atoms in total. The number of aromatic nitrogens is 2. The molecule has 2 rings (SSSR count). The molecular weight excluding hydrogens is 327 g/mol. The number of rotatable bonds is 4. The van der Waals surface area contributed by atoms with Gasteiger partial charge in [0, 0.05) is 0 Å². The predicted molar refractivity (Wildman–Crippen MR) is 70.9 cm³/mol. The number of nitro benzene ring substituents is 1. The average Bonchev–Trinajstić information content (AvgIpc) is 2.37. The second-order valence-corrected chi connectivity index (χ2v) is 5.74. The van der Waals surface area contributed by atoms with Gasteiger partial charge in [0.25, 0.3) is 15.7 Å². The second kappa shape index (κ2) is 5.58. The van der Waals surface area contributed by atoms with Crippen molar-refractivity contribution in [3.63, 3.8) is 0 Å². The molecule has 0 saturated heterocycles. The second-order valence-electron chi connectivity index (χ2n) is 3.70. The van der Waals surface area contributed by atoms with Crippen molar-refractivity contribution in [3.05, 3.63) is 51.7 Å². The van der Waals surface area contributed by atoms with Gasteiger partial charge in [-0.3, -0.25) is 19.8 Å². The summed E-state index contributed by atoms with van der Waals surface area (Å²) < 4.78 is 39.2. The minimum Gasteiger partial charge on any atom is -0.262 e. The fraction of sp³-hybridized carbons (Fsp3) is 0. The molecule has 0 amide bonds. The Kier molecular flexibility index (Phi) is 4.00. The zero-order chi connectivity index (χ0) is 15.6.